The smallest absolute Gasteiger partial charge is 0.255 e. The van der Waals surface area contributed by atoms with Crippen LogP contribution in [0, 0.1) is 6.92 Å². The van der Waals surface area contributed by atoms with Crippen LogP contribution in [-0.4, -0.2) is 16.0 Å². The van der Waals surface area contributed by atoms with Gasteiger partial charge in [-0.2, -0.15) is 0 Å². The van der Waals surface area contributed by atoms with Crippen molar-refractivity contribution in [3.05, 3.63) is 52.8 Å². The Balaban J connectivity index is 2.16. The molecule has 0 radical (unpaired) electrons. The van der Waals surface area contributed by atoms with E-state index in [9.17, 15) is 9.90 Å². The Labute approximate surface area is 109 Å². The number of aromatic hydroxyl groups is 1. The van der Waals surface area contributed by atoms with E-state index in [4.69, 9.17) is 11.6 Å². The fraction of sp³-hybridized carbons (Fsp3) is 0.0769. The van der Waals surface area contributed by atoms with E-state index in [1.165, 1.54) is 12.3 Å². The maximum Gasteiger partial charge on any atom is 0.255 e. The lowest BCUT2D eigenvalue weighted by molar-refractivity contribution is 0.102. The van der Waals surface area contributed by atoms with Gasteiger partial charge in [0.25, 0.3) is 5.91 Å². The van der Waals surface area contributed by atoms with Crippen LogP contribution in [0.2, 0.25) is 5.15 Å². The molecule has 0 atom stereocenters. The van der Waals surface area contributed by atoms with Gasteiger partial charge >= 0.3 is 0 Å². The number of hydrogen-bond donors (Lipinski definition) is 2. The second-order valence-corrected chi connectivity index (χ2v) is 4.21. The molecule has 1 heterocycles. The number of halogens is 1. The van der Waals surface area contributed by atoms with Gasteiger partial charge in [-0.1, -0.05) is 11.6 Å². The Morgan fingerprint density at radius 1 is 1.33 bits per heavy atom. The highest BCUT2D eigenvalue weighted by Gasteiger charge is 2.07. The molecule has 18 heavy (non-hydrogen) atoms. The number of carbonyl (C=O) groups is 1. The summed E-state index contributed by atoms with van der Waals surface area (Å²) in [4.78, 5) is 15.8. The molecule has 2 rings (SSSR count). The molecule has 0 spiro atoms. The third-order valence-corrected chi connectivity index (χ3v) is 2.67. The van der Waals surface area contributed by atoms with Crippen molar-refractivity contribution in [2.45, 2.75) is 6.92 Å². The second-order valence-electron chi connectivity index (χ2n) is 3.82. The van der Waals surface area contributed by atoms with Crippen LogP contribution in [0.3, 0.4) is 0 Å². The van der Waals surface area contributed by atoms with Crippen LogP contribution in [0.4, 0.5) is 5.69 Å². The van der Waals surface area contributed by atoms with Crippen LogP contribution >= 0.6 is 11.6 Å². The van der Waals surface area contributed by atoms with Gasteiger partial charge in [0.1, 0.15) is 10.9 Å². The molecule has 2 N–H and O–H groups in total. The molecule has 0 saturated heterocycles. The third kappa shape index (κ3) is 2.78. The van der Waals surface area contributed by atoms with Crippen molar-refractivity contribution < 1.29 is 9.90 Å². The third-order valence-electron chi connectivity index (χ3n) is 2.44. The van der Waals surface area contributed by atoms with Gasteiger partial charge in [0, 0.05) is 5.56 Å². The van der Waals surface area contributed by atoms with Crippen molar-refractivity contribution in [1.82, 2.24) is 4.98 Å². The number of phenols is 1. The summed E-state index contributed by atoms with van der Waals surface area (Å²) in [6.07, 6.45) is 1.48. The molecule has 0 unspecified atom stereocenters. The predicted molar refractivity (Wildman–Crippen MR) is 70.0 cm³/mol. The molecule has 1 amide bonds. The Kier molecular flexibility index (Phi) is 3.48. The van der Waals surface area contributed by atoms with Gasteiger partial charge < -0.3 is 10.4 Å². The summed E-state index contributed by atoms with van der Waals surface area (Å²) in [6, 6.07) is 7.93. The minimum Gasteiger partial charge on any atom is -0.508 e. The van der Waals surface area contributed by atoms with Crippen molar-refractivity contribution in [3.8, 4) is 5.75 Å². The largest absolute Gasteiger partial charge is 0.508 e. The number of anilines is 1. The first-order chi connectivity index (χ1) is 8.56. The molecule has 1 aromatic carbocycles. The van der Waals surface area contributed by atoms with Crippen molar-refractivity contribution in [3.63, 3.8) is 0 Å². The van der Waals surface area contributed by atoms with E-state index < -0.39 is 0 Å². The van der Waals surface area contributed by atoms with E-state index in [0.29, 0.717) is 22.0 Å². The highest BCUT2D eigenvalue weighted by molar-refractivity contribution is 6.29. The Bertz CT molecular complexity index is 582. The number of pyridine rings is 1. The van der Waals surface area contributed by atoms with Gasteiger partial charge in [0.05, 0.1) is 11.9 Å². The first-order valence-electron chi connectivity index (χ1n) is 5.29. The summed E-state index contributed by atoms with van der Waals surface area (Å²) >= 11 is 5.65. The van der Waals surface area contributed by atoms with Gasteiger partial charge in [-0.25, -0.2) is 4.98 Å². The summed E-state index contributed by atoms with van der Waals surface area (Å²) in [5, 5.41) is 12.4. The van der Waals surface area contributed by atoms with E-state index in [-0.39, 0.29) is 11.7 Å². The van der Waals surface area contributed by atoms with Gasteiger partial charge in [-0.15, -0.1) is 0 Å². The molecule has 92 valence electrons. The van der Waals surface area contributed by atoms with Crippen LogP contribution < -0.4 is 5.32 Å². The van der Waals surface area contributed by atoms with E-state index in [1.807, 2.05) is 0 Å². The van der Waals surface area contributed by atoms with Gasteiger partial charge in [-0.05, 0) is 42.8 Å². The quantitative estimate of drug-likeness (QED) is 0.818. The summed E-state index contributed by atoms with van der Waals surface area (Å²) < 4.78 is 0. The summed E-state index contributed by atoms with van der Waals surface area (Å²) in [5.41, 5.74) is 1.69. The summed E-state index contributed by atoms with van der Waals surface area (Å²) in [6.45, 7) is 1.73. The number of benzene rings is 1. The van der Waals surface area contributed by atoms with Crippen molar-refractivity contribution >= 4 is 23.2 Å². The fourth-order valence-electron chi connectivity index (χ4n) is 1.45. The number of rotatable bonds is 2. The normalized spacial score (nSPS) is 10.1. The van der Waals surface area contributed by atoms with Gasteiger partial charge in [-0.3, -0.25) is 4.79 Å². The molecule has 0 aliphatic heterocycles. The number of nitrogens with one attached hydrogen (secondary N) is 1. The zero-order chi connectivity index (χ0) is 13.1. The minimum atomic E-state index is -0.262. The lowest BCUT2D eigenvalue weighted by atomic mass is 10.1. The highest BCUT2D eigenvalue weighted by Crippen LogP contribution is 2.18. The van der Waals surface area contributed by atoms with Gasteiger partial charge in [0.15, 0.2) is 0 Å². The number of nitrogens with zero attached hydrogens (tertiary/aromatic N) is 1. The van der Waals surface area contributed by atoms with Crippen molar-refractivity contribution in [2.24, 2.45) is 0 Å². The topological polar surface area (TPSA) is 62.2 Å². The molecule has 1 aromatic heterocycles. The highest BCUT2D eigenvalue weighted by atomic mass is 35.5. The molecular formula is C13H11ClN2O2. The first-order valence-corrected chi connectivity index (χ1v) is 5.66. The number of aryl methyl sites for hydroxylation is 1. The van der Waals surface area contributed by atoms with E-state index >= 15 is 0 Å². The Morgan fingerprint density at radius 2 is 2.11 bits per heavy atom. The molecular weight excluding hydrogens is 252 g/mol. The van der Waals surface area contributed by atoms with Crippen molar-refractivity contribution in [2.75, 3.05) is 5.32 Å². The number of aromatic nitrogens is 1. The first kappa shape index (κ1) is 12.4. The molecule has 5 heteroatoms. The van der Waals surface area contributed by atoms with Crippen LogP contribution in [0.25, 0.3) is 0 Å². The molecule has 0 aliphatic carbocycles. The lowest BCUT2D eigenvalue weighted by Gasteiger charge is -2.06. The number of hydrogen-bond acceptors (Lipinski definition) is 3. The Morgan fingerprint density at radius 3 is 2.72 bits per heavy atom. The fourth-order valence-corrected chi connectivity index (χ4v) is 1.56. The summed E-state index contributed by atoms with van der Waals surface area (Å²) in [7, 11) is 0. The minimum absolute atomic E-state index is 0.166. The standard InChI is InChI=1S/C13H11ClN2O2/c1-8-6-9(2-4-11(8)17)13(18)16-10-3-5-12(14)15-7-10/h2-7,17H,1H3,(H,16,18). The SMILES string of the molecule is Cc1cc(C(=O)Nc2ccc(Cl)nc2)ccc1O. The van der Waals surface area contributed by atoms with Crippen LogP contribution in [-0.2, 0) is 0 Å². The monoisotopic (exact) mass is 262 g/mol. The molecule has 0 fully saturated rings. The maximum absolute atomic E-state index is 11.9. The van der Waals surface area contributed by atoms with E-state index in [2.05, 4.69) is 10.3 Å². The predicted octanol–water partition coefficient (Wildman–Crippen LogP) is 3.00. The van der Waals surface area contributed by atoms with Crippen LogP contribution in [0.1, 0.15) is 15.9 Å². The van der Waals surface area contributed by atoms with Gasteiger partial charge in [0.2, 0.25) is 0 Å². The van der Waals surface area contributed by atoms with E-state index in [1.54, 1.807) is 31.2 Å². The maximum atomic E-state index is 11.9. The summed E-state index contributed by atoms with van der Waals surface area (Å²) in [5.74, 6) is -0.0954. The molecule has 2 aromatic rings. The lowest BCUT2D eigenvalue weighted by Crippen LogP contribution is -2.12. The number of carbonyl (C=O) groups excluding carboxylic acids is 1. The van der Waals surface area contributed by atoms with Crippen LogP contribution in [0.15, 0.2) is 36.5 Å². The van der Waals surface area contributed by atoms with E-state index in [0.717, 1.165) is 0 Å². The number of amides is 1. The molecule has 0 aliphatic rings. The zero-order valence-corrected chi connectivity index (χ0v) is 10.4. The molecule has 4 nitrogen and oxygen atoms in total. The second kappa shape index (κ2) is 5.06. The number of phenolic OH excluding ortho intramolecular Hbond substituents is 1. The van der Waals surface area contributed by atoms with Crippen LogP contribution in [0.5, 0.6) is 5.75 Å². The average molecular weight is 263 g/mol. The van der Waals surface area contributed by atoms with Crippen molar-refractivity contribution in [1.29, 1.82) is 0 Å². The molecule has 0 saturated carbocycles. The average Bonchev–Trinajstić information content (AvgIpc) is 2.35. The zero-order valence-electron chi connectivity index (χ0n) is 9.64. The molecule has 0 bridgehead atoms. The Hall–Kier alpha value is -2.07.